The fourth-order valence-electron chi connectivity index (χ4n) is 2.17. The summed E-state index contributed by atoms with van der Waals surface area (Å²) in [6.45, 7) is 1.99. The number of carbonyl (C=O) groups excluding carboxylic acids is 2. The zero-order chi connectivity index (χ0) is 18.4. The predicted molar refractivity (Wildman–Crippen MR) is 101 cm³/mol. The number of amides is 2. The molecule has 2 aromatic heterocycles. The van der Waals surface area contributed by atoms with Gasteiger partial charge in [0.15, 0.2) is 5.13 Å². The molecule has 26 heavy (non-hydrogen) atoms. The van der Waals surface area contributed by atoms with Crippen LogP contribution in [0.25, 0.3) is 17.3 Å². The minimum Gasteiger partial charge on any atom is -0.465 e. The number of furan rings is 1. The van der Waals surface area contributed by atoms with Crippen molar-refractivity contribution < 1.29 is 14.0 Å². The first-order valence-corrected chi connectivity index (χ1v) is 8.80. The second kappa shape index (κ2) is 8.26. The average molecular weight is 367 g/mol. The lowest BCUT2D eigenvalue weighted by Gasteiger charge is -2.03. The van der Waals surface area contributed by atoms with Crippen molar-refractivity contribution in [3.8, 4) is 11.3 Å². The van der Waals surface area contributed by atoms with E-state index < -0.39 is 0 Å². The number of anilines is 1. The van der Waals surface area contributed by atoms with Gasteiger partial charge in [-0.2, -0.15) is 0 Å². The molecule has 6 nitrogen and oxygen atoms in total. The molecular weight excluding hydrogens is 350 g/mol. The standard InChI is InChI=1S/C19H17N3O3S/c1-13(23)20-11-14-4-6-15(7-5-14)17-12-26-19(21-17)22-18(24)9-8-16-3-2-10-25-16/h2-10,12H,11H2,1H3,(H,20,23)(H,21,22,24)/b9-8+. The van der Waals surface area contributed by atoms with E-state index in [1.807, 2.05) is 29.6 Å². The molecule has 0 saturated carbocycles. The normalized spacial score (nSPS) is 10.8. The van der Waals surface area contributed by atoms with Crippen LogP contribution in [0.4, 0.5) is 5.13 Å². The van der Waals surface area contributed by atoms with Crippen molar-refractivity contribution in [2.24, 2.45) is 0 Å². The molecule has 0 spiro atoms. The number of nitrogens with one attached hydrogen (secondary N) is 2. The van der Waals surface area contributed by atoms with Gasteiger partial charge in [-0.1, -0.05) is 24.3 Å². The molecule has 3 aromatic rings. The van der Waals surface area contributed by atoms with Gasteiger partial charge in [-0.3, -0.25) is 14.9 Å². The maximum absolute atomic E-state index is 11.9. The van der Waals surface area contributed by atoms with Gasteiger partial charge in [-0.15, -0.1) is 11.3 Å². The van der Waals surface area contributed by atoms with Crippen LogP contribution in [0.3, 0.4) is 0 Å². The van der Waals surface area contributed by atoms with Crippen LogP contribution in [0, 0.1) is 0 Å². The van der Waals surface area contributed by atoms with Crippen molar-refractivity contribution in [2.45, 2.75) is 13.5 Å². The maximum atomic E-state index is 11.9. The SMILES string of the molecule is CC(=O)NCc1ccc(-c2csc(NC(=O)/C=C/c3ccco3)n2)cc1. The van der Waals surface area contributed by atoms with Crippen molar-refractivity contribution in [3.05, 3.63) is 65.4 Å². The summed E-state index contributed by atoms with van der Waals surface area (Å²) in [6, 6.07) is 11.3. The van der Waals surface area contributed by atoms with Crippen LogP contribution >= 0.6 is 11.3 Å². The Morgan fingerprint density at radius 3 is 2.73 bits per heavy atom. The van der Waals surface area contributed by atoms with Gasteiger partial charge in [0.25, 0.3) is 0 Å². The number of benzene rings is 1. The molecule has 3 rings (SSSR count). The molecule has 132 valence electrons. The third-order valence-corrected chi connectivity index (χ3v) is 4.23. The first-order valence-electron chi connectivity index (χ1n) is 7.92. The van der Waals surface area contributed by atoms with E-state index in [0.717, 1.165) is 16.8 Å². The van der Waals surface area contributed by atoms with E-state index in [0.29, 0.717) is 17.4 Å². The topological polar surface area (TPSA) is 84.2 Å². The lowest BCUT2D eigenvalue weighted by atomic mass is 10.1. The highest BCUT2D eigenvalue weighted by Crippen LogP contribution is 2.25. The number of nitrogens with zero attached hydrogens (tertiary/aromatic N) is 1. The molecule has 7 heteroatoms. The molecule has 0 aliphatic heterocycles. The molecule has 0 saturated heterocycles. The lowest BCUT2D eigenvalue weighted by Crippen LogP contribution is -2.18. The summed E-state index contributed by atoms with van der Waals surface area (Å²) in [5.74, 6) is 0.280. The van der Waals surface area contributed by atoms with E-state index in [-0.39, 0.29) is 11.8 Å². The zero-order valence-corrected chi connectivity index (χ0v) is 14.9. The van der Waals surface area contributed by atoms with Crippen LogP contribution in [0.1, 0.15) is 18.2 Å². The van der Waals surface area contributed by atoms with Gasteiger partial charge < -0.3 is 9.73 Å². The van der Waals surface area contributed by atoms with Crippen LogP contribution in [-0.4, -0.2) is 16.8 Å². The van der Waals surface area contributed by atoms with Crippen molar-refractivity contribution in [2.75, 3.05) is 5.32 Å². The summed E-state index contributed by atoms with van der Waals surface area (Å²) >= 11 is 1.36. The van der Waals surface area contributed by atoms with Crippen LogP contribution in [-0.2, 0) is 16.1 Å². The Kier molecular flexibility index (Phi) is 5.60. The number of hydrogen-bond acceptors (Lipinski definition) is 5. The predicted octanol–water partition coefficient (Wildman–Crippen LogP) is 3.69. The maximum Gasteiger partial charge on any atom is 0.250 e. The number of hydrogen-bond donors (Lipinski definition) is 2. The summed E-state index contributed by atoms with van der Waals surface area (Å²) in [4.78, 5) is 27.3. The van der Waals surface area contributed by atoms with Crippen LogP contribution in [0.15, 0.2) is 58.5 Å². The van der Waals surface area contributed by atoms with Gasteiger partial charge >= 0.3 is 0 Å². The molecule has 0 unspecified atom stereocenters. The van der Waals surface area contributed by atoms with E-state index in [1.165, 1.54) is 24.3 Å². The molecule has 0 bridgehead atoms. The Morgan fingerprint density at radius 2 is 2.04 bits per heavy atom. The number of aromatic nitrogens is 1. The van der Waals surface area contributed by atoms with Crippen molar-refractivity contribution >= 4 is 34.4 Å². The minimum atomic E-state index is -0.270. The van der Waals surface area contributed by atoms with Gasteiger partial charge in [0.1, 0.15) is 5.76 Å². The minimum absolute atomic E-state index is 0.0601. The number of thiazole rings is 1. The first kappa shape index (κ1) is 17.6. The molecule has 0 atom stereocenters. The van der Waals surface area contributed by atoms with Gasteiger partial charge in [0, 0.05) is 30.5 Å². The molecule has 0 radical (unpaired) electrons. The number of rotatable bonds is 6. The summed E-state index contributed by atoms with van der Waals surface area (Å²) in [5.41, 5.74) is 2.74. The first-order chi connectivity index (χ1) is 12.6. The van der Waals surface area contributed by atoms with Crippen molar-refractivity contribution in [1.82, 2.24) is 10.3 Å². The third-order valence-electron chi connectivity index (χ3n) is 3.47. The fraction of sp³-hybridized carbons (Fsp3) is 0.105. The quantitative estimate of drug-likeness (QED) is 0.651. The zero-order valence-electron chi connectivity index (χ0n) is 14.1. The molecule has 0 aliphatic rings. The van der Waals surface area contributed by atoms with Crippen LogP contribution in [0.2, 0.25) is 0 Å². The smallest absolute Gasteiger partial charge is 0.250 e. The van der Waals surface area contributed by atoms with E-state index >= 15 is 0 Å². The molecular formula is C19H17N3O3S. The molecule has 2 amide bonds. The highest BCUT2D eigenvalue weighted by atomic mass is 32.1. The molecule has 0 aliphatic carbocycles. The largest absolute Gasteiger partial charge is 0.465 e. The van der Waals surface area contributed by atoms with E-state index in [1.54, 1.807) is 24.5 Å². The molecule has 2 heterocycles. The van der Waals surface area contributed by atoms with E-state index in [4.69, 9.17) is 4.42 Å². The summed E-state index contributed by atoms with van der Waals surface area (Å²) in [5, 5.41) is 7.89. The molecule has 0 fully saturated rings. The summed E-state index contributed by atoms with van der Waals surface area (Å²) in [7, 11) is 0. The Balaban J connectivity index is 1.60. The molecule has 1 aromatic carbocycles. The summed E-state index contributed by atoms with van der Waals surface area (Å²) < 4.78 is 5.13. The van der Waals surface area contributed by atoms with Crippen molar-refractivity contribution in [3.63, 3.8) is 0 Å². The van der Waals surface area contributed by atoms with Gasteiger partial charge in [0.2, 0.25) is 11.8 Å². The fourth-order valence-corrected chi connectivity index (χ4v) is 2.90. The van der Waals surface area contributed by atoms with E-state index in [9.17, 15) is 9.59 Å². The third kappa shape index (κ3) is 4.90. The van der Waals surface area contributed by atoms with Crippen molar-refractivity contribution in [1.29, 1.82) is 0 Å². The van der Waals surface area contributed by atoms with E-state index in [2.05, 4.69) is 15.6 Å². The Morgan fingerprint density at radius 1 is 1.23 bits per heavy atom. The van der Waals surface area contributed by atoms with Crippen LogP contribution in [0.5, 0.6) is 0 Å². The molecule has 2 N–H and O–H groups in total. The Bertz CT molecular complexity index is 912. The van der Waals surface area contributed by atoms with Gasteiger partial charge in [-0.05, 0) is 23.8 Å². The highest BCUT2D eigenvalue weighted by Gasteiger charge is 2.07. The monoisotopic (exact) mass is 367 g/mol. The Hall–Kier alpha value is -3.19. The highest BCUT2D eigenvalue weighted by molar-refractivity contribution is 7.14. The Labute approximate surface area is 154 Å². The summed E-state index contributed by atoms with van der Waals surface area (Å²) in [6.07, 6.45) is 4.54. The lowest BCUT2D eigenvalue weighted by molar-refractivity contribution is -0.119. The second-order valence-electron chi connectivity index (χ2n) is 5.48. The van der Waals surface area contributed by atoms with Gasteiger partial charge in [-0.25, -0.2) is 4.98 Å². The van der Waals surface area contributed by atoms with Gasteiger partial charge in [0.05, 0.1) is 12.0 Å². The number of carbonyl (C=O) groups is 2. The average Bonchev–Trinajstić information content (AvgIpc) is 3.30. The van der Waals surface area contributed by atoms with Crippen LogP contribution < -0.4 is 10.6 Å². The second-order valence-corrected chi connectivity index (χ2v) is 6.34.